The van der Waals surface area contributed by atoms with E-state index in [0.29, 0.717) is 38.5 Å². The summed E-state index contributed by atoms with van der Waals surface area (Å²) in [4.78, 5) is 53.3. The minimum absolute atomic E-state index is 0.0993. The number of allylic oxidation sites excluding steroid dienone is 1. The molecule has 1 aliphatic carbocycles. The number of alkyl carbamates (subject to hydrolysis) is 1. The molecular weight excluding hydrogens is 545 g/mol. The van der Waals surface area contributed by atoms with Gasteiger partial charge in [-0.2, -0.15) is 21.6 Å². The minimum Gasteiger partial charge on any atom is -0.444 e. The van der Waals surface area contributed by atoms with Crippen molar-refractivity contribution < 1.29 is 45.5 Å². The quantitative estimate of drug-likeness (QED) is 0.433. The molecule has 0 bridgehead atoms. The normalized spacial score (nSPS) is 29.6. The lowest BCUT2D eigenvalue weighted by molar-refractivity contribution is -0.141. The van der Waals surface area contributed by atoms with Gasteiger partial charge in [-0.05, 0) is 59.3 Å². The van der Waals surface area contributed by atoms with Crippen LogP contribution in [0.25, 0.3) is 0 Å². The number of fused-ring (bicyclic) bond motifs is 2. The van der Waals surface area contributed by atoms with E-state index in [9.17, 15) is 40.8 Å². The number of hydrogen-bond donors (Lipinski definition) is 3. The van der Waals surface area contributed by atoms with Crippen LogP contribution in [0.2, 0.25) is 0 Å². The number of alkyl halides is 3. The van der Waals surface area contributed by atoms with Crippen LogP contribution in [0.4, 0.5) is 18.0 Å². The molecule has 2 fully saturated rings. The molecule has 3 aliphatic rings. The lowest BCUT2D eigenvalue weighted by Crippen LogP contribution is -2.59. The van der Waals surface area contributed by atoms with Crippen LogP contribution < -0.4 is 15.4 Å². The van der Waals surface area contributed by atoms with Crippen molar-refractivity contribution in [3.05, 3.63) is 12.2 Å². The number of rotatable bonds is 3. The monoisotopic (exact) mass is 580 g/mol. The number of ether oxygens (including phenoxy) is 1. The van der Waals surface area contributed by atoms with Crippen molar-refractivity contribution in [2.75, 3.05) is 6.54 Å². The fourth-order valence-electron chi connectivity index (χ4n) is 4.81. The number of nitrogens with one attached hydrogen (secondary N) is 3. The van der Waals surface area contributed by atoms with Crippen molar-refractivity contribution in [1.82, 2.24) is 20.3 Å². The Kier molecular flexibility index (Phi) is 8.92. The zero-order valence-electron chi connectivity index (χ0n) is 22.1. The minimum atomic E-state index is -5.99. The summed E-state index contributed by atoms with van der Waals surface area (Å²) in [6.45, 7) is 5.22. The Morgan fingerprint density at radius 1 is 1.10 bits per heavy atom. The van der Waals surface area contributed by atoms with Crippen LogP contribution in [0, 0.1) is 5.92 Å². The average molecular weight is 581 g/mol. The molecule has 220 valence electrons. The first-order chi connectivity index (χ1) is 18.0. The van der Waals surface area contributed by atoms with E-state index in [1.807, 2.05) is 0 Å². The highest BCUT2D eigenvalue weighted by atomic mass is 32.2. The Bertz CT molecular complexity index is 1120. The molecule has 11 nitrogen and oxygen atoms in total. The molecule has 2 heterocycles. The highest BCUT2D eigenvalue weighted by Crippen LogP contribution is 2.46. The van der Waals surface area contributed by atoms with Crippen LogP contribution in [0.15, 0.2) is 12.2 Å². The van der Waals surface area contributed by atoms with Crippen LogP contribution >= 0.6 is 0 Å². The molecule has 2 aliphatic heterocycles. The predicted molar refractivity (Wildman–Crippen MR) is 132 cm³/mol. The Balaban J connectivity index is 1.85. The van der Waals surface area contributed by atoms with Crippen LogP contribution in [-0.4, -0.2) is 72.4 Å². The molecule has 0 aromatic rings. The molecule has 39 heavy (non-hydrogen) atoms. The van der Waals surface area contributed by atoms with Crippen molar-refractivity contribution in [3.63, 3.8) is 0 Å². The van der Waals surface area contributed by atoms with Gasteiger partial charge in [0, 0.05) is 12.5 Å². The molecular formula is C24H35F3N4O7S. The Morgan fingerprint density at radius 3 is 2.44 bits per heavy atom. The van der Waals surface area contributed by atoms with Gasteiger partial charge in [0.15, 0.2) is 0 Å². The molecule has 0 spiro atoms. The van der Waals surface area contributed by atoms with E-state index in [1.165, 1.54) is 4.90 Å². The van der Waals surface area contributed by atoms with Crippen molar-refractivity contribution in [3.8, 4) is 0 Å². The van der Waals surface area contributed by atoms with Gasteiger partial charge in [0.2, 0.25) is 11.8 Å². The van der Waals surface area contributed by atoms with Gasteiger partial charge in [-0.25, -0.2) is 9.52 Å². The van der Waals surface area contributed by atoms with Crippen LogP contribution in [-0.2, 0) is 29.1 Å². The fourth-order valence-corrected chi connectivity index (χ4v) is 5.36. The number of carbonyl (C=O) groups excluding carboxylic acids is 4. The van der Waals surface area contributed by atoms with Gasteiger partial charge in [0.05, 0.1) is 0 Å². The SMILES string of the molecule is CC(C)(C)OC(=O)NC1CCCCC/C=C\C2CC2(C(=O)NS(=O)(=O)C(F)(F)F)NC(=O)C2CCCN2C1=O. The van der Waals surface area contributed by atoms with Gasteiger partial charge < -0.3 is 20.3 Å². The summed E-state index contributed by atoms with van der Waals surface area (Å²) in [6, 6.07) is -2.03. The zero-order valence-corrected chi connectivity index (χ0v) is 22.9. The third-order valence-electron chi connectivity index (χ3n) is 6.86. The first-order valence-corrected chi connectivity index (χ1v) is 14.4. The highest BCUT2D eigenvalue weighted by molar-refractivity contribution is 7.90. The maximum atomic E-state index is 13.5. The summed E-state index contributed by atoms with van der Waals surface area (Å²) in [5.41, 5.74) is -8.42. The van der Waals surface area contributed by atoms with Crippen molar-refractivity contribution >= 4 is 33.8 Å². The van der Waals surface area contributed by atoms with Gasteiger partial charge >= 0.3 is 21.6 Å². The van der Waals surface area contributed by atoms with Gasteiger partial charge in [0.1, 0.15) is 23.2 Å². The third-order valence-corrected chi connectivity index (χ3v) is 7.92. The van der Waals surface area contributed by atoms with Gasteiger partial charge in [-0.15, -0.1) is 0 Å². The van der Waals surface area contributed by atoms with Crippen LogP contribution in [0.5, 0.6) is 0 Å². The Labute approximate surface area is 225 Å². The maximum Gasteiger partial charge on any atom is 0.516 e. The second-order valence-electron chi connectivity index (χ2n) is 11.1. The molecule has 3 N–H and O–H groups in total. The molecule has 4 amide bonds. The summed E-state index contributed by atoms with van der Waals surface area (Å²) >= 11 is 0. The fraction of sp³-hybridized carbons (Fsp3) is 0.750. The van der Waals surface area contributed by atoms with Gasteiger partial charge in [0.25, 0.3) is 5.91 Å². The summed E-state index contributed by atoms with van der Waals surface area (Å²) in [5, 5.41) is 5.04. The van der Waals surface area contributed by atoms with E-state index in [4.69, 9.17) is 4.74 Å². The Hall–Kier alpha value is -2.84. The zero-order chi connectivity index (χ0) is 29.2. The van der Waals surface area contributed by atoms with Crippen LogP contribution in [0.3, 0.4) is 0 Å². The molecule has 15 heteroatoms. The smallest absolute Gasteiger partial charge is 0.444 e. The number of halogens is 3. The number of hydrogen-bond acceptors (Lipinski definition) is 7. The molecule has 4 unspecified atom stereocenters. The van der Waals surface area contributed by atoms with Crippen molar-refractivity contribution in [2.24, 2.45) is 5.92 Å². The second-order valence-corrected chi connectivity index (χ2v) is 12.8. The Morgan fingerprint density at radius 2 is 1.79 bits per heavy atom. The largest absolute Gasteiger partial charge is 0.516 e. The van der Waals surface area contributed by atoms with Crippen molar-refractivity contribution in [2.45, 2.75) is 101 Å². The topological polar surface area (TPSA) is 151 Å². The maximum absolute atomic E-state index is 13.5. The third kappa shape index (κ3) is 7.42. The molecule has 1 saturated heterocycles. The van der Waals surface area contributed by atoms with E-state index >= 15 is 0 Å². The van der Waals surface area contributed by atoms with Crippen LogP contribution in [0.1, 0.15) is 72.1 Å². The summed E-state index contributed by atoms with van der Waals surface area (Å²) in [5.74, 6) is -3.52. The standard InChI is InChI=1S/C24H35F3N4O7S/c1-22(2,3)38-21(35)28-16-11-8-6-4-5-7-10-15-14-23(15,20(34)30-39(36,37)24(25,26)27)29-18(32)17-12-9-13-31(17)19(16)33/h7,10,15-17H,4-6,8-9,11-14H2,1-3H3,(H,28,35)(H,29,32)(H,30,34)/b10-7-. The highest BCUT2D eigenvalue weighted by Gasteiger charge is 2.62. The van der Waals surface area contributed by atoms with E-state index in [-0.39, 0.29) is 19.4 Å². The number of carbonyl (C=O) groups is 4. The molecule has 1 saturated carbocycles. The second kappa shape index (κ2) is 11.3. The van der Waals surface area contributed by atoms with Crippen molar-refractivity contribution in [1.29, 1.82) is 0 Å². The lowest BCUT2D eigenvalue weighted by atomic mass is 10.0. The summed E-state index contributed by atoms with van der Waals surface area (Å²) in [7, 11) is -5.99. The first kappa shape index (κ1) is 30.7. The van der Waals surface area contributed by atoms with Gasteiger partial charge in [-0.3, -0.25) is 14.4 Å². The molecule has 3 rings (SSSR count). The average Bonchev–Trinajstić information content (AvgIpc) is 3.25. The van der Waals surface area contributed by atoms with E-state index in [0.717, 1.165) is 4.72 Å². The summed E-state index contributed by atoms with van der Waals surface area (Å²) in [6.07, 6.45) is 5.92. The van der Waals surface area contributed by atoms with E-state index < -0.39 is 68.5 Å². The van der Waals surface area contributed by atoms with E-state index in [1.54, 1.807) is 32.9 Å². The molecule has 0 aromatic heterocycles. The number of sulfonamides is 1. The number of nitrogens with zero attached hydrogens (tertiary/aromatic N) is 1. The summed E-state index contributed by atoms with van der Waals surface area (Å²) < 4.78 is 68.3. The number of amides is 4. The molecule has 0 aromatic carbocycles. The molecule has 0 radical (unpaired) electrons. The molecule has 4 atom stereocenters. The van der Waals surface area contributed by atoms with E-state index in [2.05, 4.69) is 10.6 Å². The van der Waals surface area contributed by atoms with Gasteiger partial charge in [-0.1, -0.05) is 25.0 Å². The predicted octanol–water partition coefficient (Wildman–Crippen LogP) is 2.23. The lowest BCUT2D eigenvalue weighted by Gasteiger charge is -2.30. The first-order valence-electron chi connectivity index (χ1n) is 12.9.